The van der Waals surface area contributed by atoms with Crippen LogP contribution in [-0.2, 0) is 6.61 Å². The summed E-state index contributed by atoms with van der Waals surface area (Å²) in [5.41, 5.74) is 5.99. The molecule has 5 aromatic rings. The average Bonchev–Trinajstić information content (AvgIpc) is 3.66. The van der Waals surface area contributed by atoms with E-state index in [1.165, 1.54) is 41.7 Å². The minimum atomic E-state index is -2.86. The van der Waals surface area contributed by atoms with Crippen molar-refractivity contribution in [2.24, 2.45) is 5.73 Å². The summed E-state index contributed by atoms with van der Waals surface area (Å²) in [5, 5.41) is 14.3. The lowest BCUT2D eigenvalue weighted by molar-refractivity contribution is -0.386. The number of carbonyl (C=O) groups is 2. The average molecular weight is 599 g/mol. The molecule has 0 aliphatic rings. The molecule has 210 valence electrons. The van der Waals surface area contributed by atoms with Gasteiger partial charge in [0.1, 0.15) is 27.8 Å². The lowest BCUT2D eigenvalue weighted by Crippen LogP contribution is -2.16. The third-order valence-corrected chi connectivity index (χ3v) is 8.07. The molecule has 0 unspecified atom stereocenters. The van der Waals surface area contributed by atoms with Crippen LogP contribution in [0.1, 0.15) is 48.5 Å². The Kier molecular flexibility index (Phi) is 7.51. The molecule has 3 N–H and O–H groups in total. The van der Waals surface area contributed by atoms with Gasteiger partial charge in [-0.05, 0) is 55.8 Å². The quantitative estimate of drug-likeness (QED) is 0.137. The molecule has 0 atom stereocenters. The molecule has 1 aromatic carbocycles. The highest BCUT2D eigenvalue weighted by Crippen LogP contribution is 2.44. The second kappa shape index (κ2) is 11.1. The number of thiophene rings is 2. The molecule has 4 aromatic heterocycles. The summed E-state index contributed by atoms with van der Waals surface area (Å²) >= 11 is 2.15. The van der Waals surface area contributed by atoms with E-state index in [1.54, 1.807) is 19.1 Å². The summed E-state index contributed by atoms with van der Waals surface area (Å²) in [6.07, 6.45) is -2.86. The molecule has 10 nitrogen and oxygen atoms in total. The standard InChI is InChI=1S/C27H20F2N4O6S2/c1-12-3-6-18(17(9-12)33(36)37)38-11-14-5-7-19(39-14)26(35)32-22-21-15(20-8-4-13(2)40-20)10-16(24(28)29)31-27(21)41-23(22)25(30)34/h3-10,24H,11H2,1-2H3,(H2,30,34)(H,32,35). The van der Waals surface area contributed by atoms with Gasteiger partial charge < -0.3 is 20.2 Å². The van der Waals surface area contributed by atoms with Crippen molar-refractivity contribution in [2.45, 2.75) is 26.9 Å². The van der Waals surface area contributed by atoms with E-state index in [4.69, 9.17) is 14.9 Å². The number of furan rings is 1. The summed E-state index contributed by atoms with van der Waals surface area (Å²) in [4.78, 5) is 41.9. The van der Waals surface area contributed by atoms with Gasteiger partial charge in [-0.3, -0.25) is 19.7 Å². The minimum absolute atomic E-state index is 0.0290. The molecular weight excluding hydrogens is 578 g/mol. The number of halogens is 2. The molecular formula is C27H20F2N4O6S2. The van der Waals surface area contributed by atoms with Gasteiger partial charge in [0.2, 0.25) is 0 Å². The number of alkyl halides is 2. The van der Waals surface area contributed by atoms with Crippen molar-refractivity contribution in [1.82, 2.24) is 4.98 Å². The summed E-state index contributed by atoms with van der Waals surface area (Å²) < 4.78 is 38.5. The number of amides is 2. The van der Waals surface area contributed by atoms with Crippen LogP contribution in [0.5, 0.6) is 5.75 Å². The Balaban J connectivity index is 1.47. The zero-order valence-corrected chi connectivity index (χ0v) is 23.0. The molecule has 0 aliphatic heterocycles. The monoisotopic (exact) mass is 598 g/mol. The number of carbonyl (C=O) groups excluding carboxylic acids is 2. The van der Waals surface area contributed by atoms with Crippen LogP contribution in [0.3, 0.4) is 0 Å². The molecule has 0 aliphatic carbocycles. The van der Waals surface area contributed by atoms with Crippen LogP contribution in [0.2, 0.25) is 0 Å². The number of fused-ring (bicyclic) bond motifs is 1. The van der Waals surface area contributed by atoms with Gasteiger partial charge in [-0.15, -0.1) is 22.7 Å². The molecule has 0 saturated carbocycles. The third kappa shape index (κ3) is 5.64. The van der Waals surface area contributed by atoms with E-state index in [2.05, 4.69) is 10.3 Å². The van der Waals surface area contributed by atoms with Crippen LogP contribution < -0.4 is 15.8 Å². The molecule has 2 amide bonds. The highest BCUT2D eigenvalue weighted by atomic mass is 32.1. The van der Waals surface area contributed by atoms with Gasteiger partial charge in [0.15, 0.2) is 11.5 Å². The van der Waals surface area contributed by atoms with Crippen molar-refractivity contribution < 1.29 is 32.4 Å². The molecule has 0 bridgehead atoms. The molecule has 41 heavy (non-hydrogen) atoms. The normalized spacial score (nSPS) is 11.2. The smallest absolute Gasteiger partial charge is 0.311 e. The van der Waals surface area contributed by atoms with E-state index < -0.39 is 28.9 Å². The first-order chi connectivity index (χ1) is 19.5. The maximum Gasteiger partial charge on any atom is 0.311 e. The number of nitrogens with two attached hydrogens (primary N) is 1. The van der Waals surface area contributed by atoms with Gasteiger partial charge in [0.05, 0.1) is 10.6 Å². The fourth-order valence-electron chi connectivity index (χ4n) is 4.09. The number of hydrogen-bond donors (Lipinski definition) is 2. The van der Waals surface area contributed by atoms with E-state index in [1.807, 2.05) is 13.0 Å². The van der Waals surface area contributed by atoms with Crippen molar-refractivity contribution in [3.8, 4) is 16.2 Å². The van der Waals surface area contributed by atoms with E-state index in [9.17, 15) is 28.5 Å². The number of aryl methyl sites for hydroxylation is 2. The number of hydrogen-bond acceptors (Lipinski definition) is 9. The Hall–Kier alpha value is -4.69. The number of rotatable bonds is 9. The second-order valence-corrected chi connectivity index (χ2v) is 11.2. The lowest BCUT2D eigenvalue weighted by Gasteiger charge is -2.09. The number of anilines is 1. The van der Waals surface area contributed by atoms with Crippen LogP contribution in [0.15, 0.2) is 52.9 Å². The first-order valence-electron chi connectivity index (χ1n) is 11.9. The zero-order valence-electron chi connectivity index (χ0n) is 21.4. The highest BCUT2D eigenvalue weighted by molar-refractivity contribution is 7.21. The molecule has 0 radical (unpaired) electrons. The van der Waals surface area contributed by atoms with Gasteiger partial charge in [-0.25, -0.2) is 13.8 Å². The van der Waals surface area contributed by atoms with Crippen LogP contribution in [-0.4, -0.2) is 21.7 Å². The maximum atomic E-state index is 13.7. The van der Waals surface area contributed by atoms with Crippen LogP contribution in [0, 0.1) is 24.0 Å². The minimum Gasteiger partial charge on any atom is -0.479 e. The fourth-order valence-corrected chi connectivity index (χ4v) is 5.99. The number of nitro groups is 1. The summed E-state index contributed by atoms with van der Waals surface area (Å²) in [6.45, 7) is 3.38. The number of primary amides is 1. The van der Waals surface area contributed by atoms with Crippen molar-refractivity contribution >= 4 is 56.1 Å². The summed E-state index contributed by atoms with van der Waals surface area (Å²) in [7, 11) is 0. The van der Waals surface area contributed by atoms with Crippen molar-refractivity contribution in [2.75, 3.05) is 5.32 Å². The zero-order chi connectivity index (χ0) is 29.4. The first-order valence-corrected chi connectivity index (χ1v) is 13.5. The van der Waals surface area contributed by atoms with Gasteiger partial charge in [-0.2, -0.15) is 0 Å². The molecule has 5 rings (SSSR count). The predicted molar refractivity (Wildman–Crippen MR) is 150 cm³/mol. The van der Waals surface area contributed by atoms with Gasteiger partial charge >= 0.3 is 5.69 Å². The van der Waals surface area contributed by atoms with Gasteiger partial charge in [-0.1, -0.05) is 6.07 Å². The molecule has 0 saturated heterocycles. The highest BCUT2D eigenvalue weighted by Gasteiger charge is 2.26. The molecule has 0 fully saturated rings. The second-order valence-electron chi connectivity index (χ2n) is 8.89. The van der Waals surface area contributed by atoms with Crippen LogP contribution in [0.25, 0.3) is 20.7 Å². The topological polar surface area (TPSA) is 151 Å². The largest absolute Gasteiger partial charge is 0.479 e. The maximum absolute atomic E-state index is 13.7. The van der Waals surface area contributed by atoms with Crippen LogP contribution in [0.4, 0.5) is 20.2 Å². The van der Waals surface area contributed by atoms with E-state index in [-0.39, 0.29) is 45.0 Å². The Bertz CT molecular complexity index is 1830. The van der Waals surface area contributed by atoms with Gasteiger partial charge in [0.25, 0.3) is 18.2 Å². The van der Waals surface area contributed by atoms with E-state index >= 15 is 0 Å². The Morgan fingerprint density at radius 2 is 1.93 bits per heavy atom. The van der Waals surface area contributed by atoms with Crippen molar-refractivity contribution in [3.63, 3.8) is 0 Å². The number of nitro benzene ring substituents is 1. The fraction of sp³-hybridized carbons (Fsp3) is 0.148. The lowest BCUT2D eigenvalue weighted by atomic mass is 10.1. The van der Waals surface area contributed by atoms with Gasteiger partial charge in [0, 0.05) is 26.8 Å². The number of ether oxygens (including phenoxy) is 1. The van der Waals surface area contributed by atoms with E-state index in [0.717, 1.165) is 16.2 Å². The molecule has 0 spiro atoms. The number of nitrogens with one attached hydrogen (secondary N) is 1. The SMILES string of the molecule is Cc1ccc(OCc2ccc(C(=O)Nc3c(C(N)=O)sc4nc(C(F)F)cc(-c5ccc(C)s5)c34)o2)c([N+](=O)[O-])c1. The number of benzene rings is 1. The van der Waals surface area contributed by atoms with Crippen molar-refractivity contribution in [1.29, 1.82) is 0 Å². The van der Waals surface area contributed by atoms with E-state index in [0.29, 0.717) is 21.4 Å². The first kappa shape index (κ1) is 27.9. The number of aromatic nitrogens is 1. The summed E-state index contributed by atoms with van der Waals surface area (Å²) in [6, 6.07) is 12.2. The Morgan fingerprint density at radius 3 is 2.59 bits per heavy atom. The molecule has 4 heterocycles. The number of nitrogens with zero attached hydrogens (tertiary/aromatic N) is 2. The number of pyridine rings is 1. The third-order valence-electron chi connectivity index (χ3n) is 5.94. The Labute approximate surface area is 238 Å². The van der Waals surface area contributed by atoms with Crippen molar-refractivity contribution in [3.05, 3.63) is 91.2 Å². The van der Waals surface area contributed by atoms with Crippen LogP contribution >= 0.6 is 22.7 Å². The summed E-state index contributed by atoms with van der Waals surface area (Å²) in [5.74, 6) is -1.53. The Morgan fingerprint density at radius 1 is 1.15 bits per heavy atom. The molecule has 14 heteroatoms. The predicted octanol–water partition coefficient (Wildman–Crippen LogP) is 7.01.